The first-order valence-corrected chi connectivity index (χ1v) is 7.52. The van der Waals surface area contributed by atoms with E-state index in [9.17, 15) is 4.79 Å². The van der Waals surface area contributed by atoms with Crippen molar-refractivity contribution in [1.82, 2.24) is 4.90 Å². The summed E-state index contributed by atoms with van der Waals surface area (Å²) < 4.78 is 0. The van der Waals surface area contributed by atoms with Gasteiger partial charge in [-0.1, -0.05) is 37.1 Å². The topological polar surface area (TPSA) is 20.3 Å². The molecular weight excluding hydrogens is 258 g/mol. The van der Waals surface area contributed by atoms with Crippen LogP contribution in [0.1, 0.15) is 49.9 Å². The molecule has 0 radical (unpaired) electrons. The molecule has 3 heteroatoms. The normalized spacial score (nSPS) is 19.9. The standard InChI is InChI=1S/C16H22ClNO/c1-3-16(2,18-11-7-4-8-12-18)15(19)13-9-5-6-10-14(13)17/h5-6,9-10H,3-4,7-8,11-12H2,1-2H3. The molecule has 1 aliphatic rings. The van der Waals surface area contributed by atoms with Gasteiger partial charge in [-0.15, -0.1) is 0 Å². The number of piperidine rings is 1. The number of hydrogen-bond donors (Lipinski definition) is 0. The van der Waals surface area contributed by atoms with Gasteiger partial charge in [0.2, 0.25) is 0 Å². The minimum atomic E-state index is -0.425. The number of rotatable bonds is 4. The van der Waals surface area contributed by atoms with Crippen molar-refractivity contribution in [1.29, 1.82) is 0 Å². The van der Waals surface area contributed by atoms with E-state index < -0.39 is 5.54 Å². The van der Waals surface area contributed by atoms with E-state index in [-0.39, 0.29) is 5.78 Å². The van der Waals surface area contributed by atoms with Crippen LogP contribution in [-0.4, -0.2) is 29.3 Å². The zero-order chi connectivity index (χ0) is 13.9. The SMILES string of the molecule is CCC(C)(C(=O)c1ccccc1Cl)N1CCCCC1. The summed E-state index contributed by atoms with van der Waals surface area (Å²) in [5, 5.41) is 0.559. The molecule has 1 atom stereocenters. The monoisotopic (exact) mass is 279 g/mol. The van der Waals surface area contributed by atoms with E-state index >= 15 is 0 Å². The molecule has 0 aliphatic carbocycles. The van der Waals surface area contributed by atoms with Crippen molar-refractivity contribution < 1.29 is 4.79 Å². The Balaban J connectivity index is 2.30. The van der Waals surface area contributed by atoms with Crippen LogP contribution in [0.5, 0.6) is 0 Å². The summed E-state index contributed by atoms with van der Waals surface area (Å²) in [5.41, 5.74) is 0.227. The fourth-order valence-corrected chi connectivity index (χ4v) is 3.07. The number of carbonyl (C=O) groups excluding carboxylic acids is 1. The van der Waals surface area contributed by atoms with Crippen LogP contribution < -0.4 is 0 Å². The molecule has 2 rings (SSSR count). The Bertz CT molecular complexity index is 454. The van der Waals surface area contributed by atoms with Gasteiger partial charge in [0, 0.05) is 5.56 Å². The van der Waals surface area contributed by atoms with Gasteiger partial charge < -0.3 is 0 Å². The van der Waals surface area contributed by atoms with Crippen molar-refractivity contribution in [3.63, 3.8) is 0 Å². The predicted octanol–water partition coefficient (Wildman–Crippen LogP) is 4.18. The smallest absolute Gasteiger partial charge is 0.184 e. The van der Waals surface area contributed by atoms with Gasteiger partial charge in [0.05, 0.1) is 10.6 Å². The molecule has 1 fully saturated rings. The largest absolute Gasteiger partial charge is 0.292 e. The maximum atomic E-state index is 12.9. The van der Waals surface area contributed by atoms with Crippen molar-refractivity contribution in [3.05, 3.63) is 34.9 Å². The molecule has 104 valence electrons. The van der Waals surface area contributed by atoms with Crippen LogP contribution in [0.4, 0.5) is 0 Å². The first-order valence-electron chi connectivity index (χ1n) is 7.14. The van der Waals surface area contributed by atoms with Crippen LogP contribution in [0.3, 0.4) is 0 Å². The number of ketones is 1. The molecule has 1 aromatic carbocycles. The highest BCUT2D eigenvalue weighted by atomic mass is 35.5. The Kier molecular flexibility index (Phi) is 4.64. The minimum absolute atomic E-state index is 0.155. The van der Waals surface area contributed by atoms with Crippen LogP contribution in [0.2, 0.25) is 5.02 Å². The lowest BCUT2D eigenvalue weighted by Crippen LogP contribution is -2.53. The number of Topliss-reactive ketones (excluding diaryl/α,β-unsaturated/α-hetero) is 1. The molecule has 0 spiro atoms. The second-order valence-electron chi connectivity index (χ2n) is 5.48. The molecule has 0 aromatic heterocycles. The number of carbonyl (C=O) groups is 1. The van der Waals surface area contributed by atoms with Crippen molar-refractivity contribution in [2.24, 2.45) is 0 Å². The van der Waals surface area contributed by atoms with Crippen LogP contribution in [0, 0.1) is 0 Å². The van der Waals surface area contributed by atoms with E-state index in [1.165, 1.54) is 19.3 Å². The van der Waals surface area contributed by atoms with E-state index in [0.29, 0.717) is 10.6 Å². The summed E-state index contributed by atoms with van der Waals surface area (Å²) in [6.07, 6.45) is 4.46. The van der Waals surface area contributed by atoms with E-state index in [1.807, 2.05) is 18.2 Å². The minimum Gasteiger partial charge on any atom is -0.292 e. The molecule has 0 N–H and O–H groups in total. The third-order valence-electron chi connectivity index (χ3n) is 4.35. The van der Waals surface area contributed by atoms with Gasteiger partial charge in [-0.3, -0.25) is 9.69 Å². The van der Waals surface area contributed by atoms with Gasteiger partial charge >= 0.3 is 0 Å². The molecule has 0 bridgehead atoms. The van der Waals surface area contributed by atoms with Gasteiger partial charge in [-0.05, 0) is 51.4 Å². The van der Waals surface area contributed by atoms with Gasteiger partial charge in [0.25, 0.3) is 0 Å². The summed E-state index contributed by atoms with van der Waals surface area (Å²) in [7, 11) is 0. The van der Waals surface area contributed by atoms with Gasteiger partial charge in [0.1, 0.15) is 0 Å². The predicted molar refractivity (Wildman–Crippen MR) is 79.9 cm³/mol. The molecular formula is C16H22ClNO. The first-order chi connectivity index (χ1) is 9.09. The summed E-state index contributed by atoms with van der Waals surface area (Å²) in [6.45, 7) is 6.17. The summed E-state index contributed by atoms with van der Waals surface area (Å²) >= 11 is 6.18. The lowest BCUT2D eigenvalue weighted by atomic mass is 9.85. The van der Waals surface area contributed by atoms with Crippen LogP contribution in [-0.2, 0) is 0 Å². The molecule has 1 aliphatic heterocycles. The fraction of sp³-hybridized carbons (Fsp3) is 0.562. The molecule has 2 nitrogen and oxygen atoms in total. The zero-order valence-electron chi connectivity index (χ0n) is 11.8. The number of likely N-dealkylation sites (tertiary alicyclic amines) is 1. The first kappa shape index (κ1) is 14.5. The molecule has 1 saturated heterocycles. The Morgan fingerprint density at radius 2 is 1.89 bits per heavy atom. The molecule has 19 heavy (non-hydrogen) atoms. The lowest BCUT2D eigenvalue weighted by molar-refractivity contribution is 0.0505. The second-order valence-corrected chi connectivity index (χ2v) is 5.89. The average molecular weight is 280 g/mol. The Hall–Kier alpha value is -0.860. The molecule has 1 unspecified atom stereocenters. The Labute approximate surface area is 120 Å². The summed E-state index contributed by atoms with van der Waals surface area (Å²) in [6, 6.07) is 7.37. The number of halogens is 1. The molecule has 1 heterocycles. The summed E-state index contributed by atoms with van der Waals surface area (Å²) in [4.78, 5) is 15.2. The van der Waals surface area contributed by atoms with Crippen molar-refractivity contribution in [3.8, 4) is 0 Å². The van der Waals surface area contributed by atoms with E-state index in [2.05, 4.69) is 18.7 Å². The quantitative estimate of drug-likeness (QED) is 0.771. The van der Waals surface area contributed by atoms with Crippen LogP contribution in [0.15, 0.2) is 24.3 Å². The number of hydrogen-bond acceptors (Lipinski definition) is 2. The maximum absolute atomic E-state index is 12.9. The van der Waals surface area contributed by atoms with Crippen molar-refractivity contribution >= 4 is 17.4 Å². The number of benzene rings is 1. The average Bonchev–Trinajstić information content (AvgIpc) is 2.47. The van der Waals surface area contributed by atoms with Gasteiger partial charge in [-0.2, -0.15) is 0 Å². The third kappa shape index (κ3) is 2.85. The Morgan fingerprint density at radius 3 is 2.47 bits per heavy atom. The van der Waals surface area contributed by atoms with Gasteiger partial charge in [-0.25, -0.2) is 0 Å². The highest BCUT2D eigenvalue weighted by Gasteiger charge is 2.39. The van der Waals surface area contributed by atoms with E-state index in [4.69, 9.17) is 11.6 Å². The number of nitrogens with zero attached hydrogens (tertiary/aromatic N) is 1. The van der Waals surface area contributed by atoms with Crippen molar-refractivity contribution in [2.45, 2.75) is 45.1 Å². The second kappa shape index (κ2) is 6.06. The summed E-state index contributed by atoms with van der Waals surface area (Å²) in [5.74, 6) is 0.155. The highest BCUT2D eigenvalue weighted by molar-refractivity contribution is 6.34. The van der Waals surface area contributed by atoms with E-state index in [0.717, 1.165) is 19.5 Å². The maximum Gasteiger partial charge on any atom is 0.184 e. The highest BCUT2D eigenvalue weighted by Crippen LogP contribution is 2.30. The molecule has 0 amide bonds. The molecule has 1 aromatic rings. The van der Waals surface area contributed by atoms with Gasteiger partial charge in [0.15, 0.2) is 5.78 Å². The van der Waals surface area contributed by atoms with Crippen LogP contribution in [0.25, 0.3) is 0 Å². The van der Waals surface area contributed by atoms with Crippen LogP contribution >= 0.6 is 11.6 Å². The fourth-order valence-electron chi connectivity index (χ4n) is 2.85. The van der Waals surface area contributed by atoms with E-state index in [1.54, 1.807) is 6.07 Å². The third-order valence-corrected chi connectivity index (χ3v) is 4.68. The zero-order valence-corrected chi connectivity index (χ0v) is 12.5. The molecule has 0 saturated carbocycles. The lowest BCUT2D eigenvalue weighted by Gasteiger charge is -2.42. The Morgan fingerprint density at radius 1 is 1.26 bits per heavy atom. The van der Waals surface area contributed by atoms with Crippen molar-refractivity contribution in [2.75, 3.05) is 13.1 Å².